The number of halogens is 3. The molecule has 0 aromatic carbocycles. The van der Waals surface area contributed by atoms with Gasteiger partial charge in [0.2, 0.25) is 10.0 Å². The van der Waals surface area contributed by atoms with Gasteiger partial charge in [0.15, 0.2) is 0 Å². The summed E-state index contributed by atoms with van der Waals surface area (Å²) in [5.41, 5.74) is 0.673. The van der Waals surface area contributed by atoms with Crippen LogP contribution < -0.4 is 0 Å². The highest BCUT2D eigenvalue weighted by Crippen LogP contribution is 2.37. The van der Waals surface area contributed by atoms with Crippen molar-refractivity contribution in [2.75, 3.05) is 25.4 Å². The molecule has 2 atom stereocenters. The summed E-state index contributed by atoms with van der Waals surface area (Å²) in [4.78, 5) is 13.0. The number of sulfonamides is 1. The van der Waals surface area contributed by atoms with Gasteiger partial charge in [-0.25, -0.2) is 13.2 Å². The largest absolute Gasteiger partial charge is 0.490 e. The molecule has 0 radical (unpaired) electrons. The van der Waals surface area contributed by atoms with Gasteiger partial charge < -0.3 is 14.6 Å². The van der Waals surface area contributed by atoms with Crippen LogP contribution in [0.25, 0.3) is 0 Å². The molecule has 0 amide bonds. The molecule has 2 saturated heterocycles. The molecule has 164 valence electrons. The average molecular weight is 440 g/mol. The lowest BCUT2D eigenvalue weighted by Crippen LogP contribution is -2.36. The normalized spacial score (nSPS) is 25.0. The van der Waals surface area contributed by atoms with E-state index in [0.717, 1.165) is 18.4 Å². The number of aromatic nitrogens is 1. The fraction of sp³-hybridized carbons (Fsp3) is 0.647. The second-order valence-electron chi connectivity index (χ2n) is 6.78. The summed E-state index contributed by atoms with van der Waals surface area (Å²) >= 11 is 0. The molecule has 0 bridgehead atoms. The monoisotopic (exact) mass is 440 g/mol. The number of alkyl halides is 3. The smallest absolute Gasteiger partial charge is 0.475 e. The first kappa shape index (κ1) is 23.5. The molecule has 1 spiro atoms. The van der Waals surface area contributed by atoms with Crippen molar-refractivity contribution in [2.24, 2.45) is 0 Å². The minimum absolute atomic E-state index is 0.0180. The van der Waals surface area contributed by atoms with Crippen LogP contribution in [0.1, 0.15) is 25.3 Å². The van der Waals surface area contributed by atoms with E-state index >= 15 is 0 Å². The van der Waals surface area contributed by atoms with Crippen molar-refractivity contribution >= 4 is 16.0 Å². The van der Waals surface area contributed by atoms with Crippen LogP contribution in [0.15, 0.2) is 24.5 Å². The van der Waals surface area contributed by atoms with Gasteiger partial charge in [0.25, 0.3) is 0 Å². The number of aliphatic carboxylic acids is 1. The minimum Gasteiger partial charge on any atom is -0.475 e. The second-order valence-corrected chi connectivity index (χ2v) is 9.04. The third-order valence-electron chi connectivity index (χ3n) is 4.67. The minimum atomic E-state index is -5.08. The van der Waals surface area contributed by atoms with Crippen LogP contribution in [-0.4, -0.2) is 72.1 Å². The Morgan fingerprint density at radius 3 is 2.72 bits per heavy atom. The second kappa shape index (κ2) is 9.37. The molecule has 12 heteroatoms. The molecule has 3 rings (SSSR count). The van der Waals surface area contributed by atoms with E-state index in [9.17, 15) is 21.6 Å². The Morgan fingerprint density at radius 1 is 1.48 bits per heavy atom. The highest BCUT2D eigenvalue weighted by atomic mass is 32.2. The summed E-state index contributed by atoms with van der Waals surface area (Å²) in [7, 11) is -3.13. The number of pyridine rings is 1. The molecule has 0 saturated carbocycles. The molecule has 1 N–H and O–H groups in total. The lowest BCUT2D eigenvalue weighted by atomic mass is 9.98. The number of rotatable bonds is 5. The Bertz CT molecular complexity index is 790. The van der Waals surface area contributed by atoms with Crippen LogP contribution in [-0.2, 0) is 30.9 Å². The van der Waals surface area contributed by atoms with Gasteiger partial charge in [0.1, 0.15) is 0 Å². The van der Waals surface area contributed by atoms with Gasteiger partial charge in [0, 0.05) is 31.9 Å². The number of carbonyl (C=O) groups is 1. The Labute approximate surface area is 166 Å². The van der Waals surface area contributed by atoms with E-state index in [4.69, 9.17) is 19.4 Å². The van der Waals surface area contributed by atoms with Gasteiger partial charge in [-0.05, 0) is 25.0 Å². The topological polar surface area (TPSA) is 106 Å². The summed E-state index contributed by atoms with van der Waals surface area (Å²) in [6.07, 6.45) is -0.0404. The molecule has 8 nitrogen and oxygen atoms in total. The fourth-order valence-electron chi connectivity index (χ4n) is 3.12. The standard InChI is InChI=1S/C15H22N2O4S.C2HF3O2/c1-2-22(18,19)17-7-5-15(12-17)8-14(11-21-15)20-10-13-4-3-6-16-9-13;3-2(4,5)1(6)7/h3-4,6,9,14H,2,5,7-8,10-12H2,1H3;(H,6,7)/t14-,15-;/m0./s1. The van der Waals surface area contributed by atoms with Gasteiger partial charge in [-0.1, -0.05) is 6.07 Å². The molecule has 2 aliphatic rings. The Hall–Kier alpha value is -1.76. The molecule has 1 aromatic heterocycles. The van der Waals surface area contributed by atoms with Crippen molar-refractivity contribution in [1.29, 1.82) is 0 Å². The van der Waals surface area contributed by atoms with E-state index in [2.05, 4.69) is 4.98 Å². The van der Waals surface area contributed by atoms with Crippen LogP contribution in [0.3, 0.4) is 0 Å². The zero-order valence-electron chi connectivity index (χ0n) is 15.8. The van der Waals surface area contributed by atoms with Crippen molar-refractivity contribution in [3.63, 3.8) is 0 Å². The van der Waals surface area contributed by atoms with Crippen LogP contribution in [0.5, 0.6) is 0 Å². The molecule has 2 aliphatic heterocycles. The molecule has 2 fully saturated rings. The van der Waals surface area contributed by atoms with E-state index < -0.39 is 22.2 Å². The molecule has 3 heterocycles. The maximum atomic E-state index is 12.0. The van der Waals surface area contributed by atoms with Crippen molar-refractivity contribution < 1.29 is 41.0 Å². The fourth-order valence-corrected chi connectivity index (χ4v) is 4.29. The van der Waals surface area contributed by atoms with Gasteiger partial charge in [-0.2, -0.15) is 17.5 Å². The summed E-state index contributed by atoms with van der Waals surface area (Å²) in [6.45, 7) is 3.71. The Balaban J connectivity index is 0.000000370. The third kappa shape index (κ3) is 6.63. The molecular weight excluding hydrogens is 417 g/mol. The maximum Gasteiger partial charge on any atom is 0.490 e. The van der Waals surface area contributed by atoms with Gasteiger partial charge in [-0.3, -0.25) is 4.98 Å². The first-order valence-corrected chi connectivity index (χ1v) is 10.5. The Morgan fingerprint density at radius 2 is 2.17 bits per heavy atom. The number of nitrogens with zero attached hydrogens (tertiary/aromatic N) is 2. The van der Waals surface area contributed by atoms with Gasteiger partial charge >= 0.3 is 12.1 Å². The summed E-state index contributed by atoms with van der Waals surface area (Å²) < 4.78 is 69.0. The van der Waals surface area contributed by atoms with E-state index in [1.165, 1.54) is 0 Å². The average Bonchev–Trinajstić information content (AvgIpc) is 3.28. The molecule has 1 aromatic rings. The highest BCUT2D eigenvalue weighted by Gasteiger charge is 2.48. The number of hydrogen-bond acceptors (Lipinski definition) is 6. The van der Waals surface area contributed by atoms with Crippen molar-refractivity contribution in [1.82, 2.24) is 9.29 Å². The van der Waals surface area contributed by atoms with E-state index in [-0.39, 0.29) is 17.5 Å². The first-order chi connectivity index (χ1) is 13.5. The van der Waals surface area contributed by atoms with Crippen LogP contribution in [0.2, 0.25) is 0 Å². The first-order valence-electron chi connectivity index (χ1n) is 8.90. The van der Waals surface area contributed by atoms with Gasteiger partial charge in [-0.15, -0.1) is 0 Å². The third-order valence-corrected chi connectivity index (χ3v) is 6.49. The predicted molar refractivity (Wildman–Crippen MR) is 95.5 cm³/mol. The summed E-state index contributed by atoms with van der Waals surface area (Å²) in [5, 5.41) is 7.12. The Kier molecular flexibility index (Phi) is 7.60. The van der Waals surface area contributed by atoms with Crippen LogP contribution in [0, 0.1) is 0 Å². The molecule has 29 heavy (non-hydrogen) atoms. The van der Waals surface area contributed by atoms with Gasteiger partial charge in [0.05, 0.1) is 30.7 Å². The van der Waals surface area contributed by atoms with Crippen molar-refractivity contribution in [3.8, 4) is 0 Å². The van der Waals surface area contributed by atoms with Crippen LogP contribution >= 0.6 is 0 Å². The maximum absolute atomic E-state index is 12.0. The quantitative estimate of drug-likeness (QED) is 0.744. The zero-order valence-corrected chi connectivity index (χ0v) is 16.6. The summed E-state index contributed by atoms with van der Waals surface area (Å²) in [5.74, 6) is -2.61. The molecule has 0 unspecified atom stereocenters. The van der Waals surface area contributed by atoms with E-state index in [0.29, 0.717) is 26.3 Å². The number of carboxylic acid groups (broad SMARTS) is 1. The highest BCUT2D eigenvalue weighted by molar-refractivity contribution is 7.89. The SMILES string of the molecule is CCS(=O)(=O)N1CC[C@]2(C[C@H](OCc3cccnc3)CO2)C1.O=C(O)C(F)(F)F. The van der Waals surface area contributed by atoms with Crippen molar-refractivity contribution in [2.45, 2.75) is 44.3 Å². The number of ether oxygens (including phenoxy) is 2. The van der Waals surface area contributed by atoms with Crippen molar-refractivity contribution in [3.05, 3.63) is 30.1 Å². The zero-order chi connectivity index (χ0) is 21.7. The van der Waals surface area contributed by atoms with E-state index in [1.807, 2.05) is 12.1 Å². The predicted octanol–water partition coefficient (Wildman–Crippen LogP) is 1.81. The lowest BCUT2D eigenvalue weighted by molar-refractivity contribution is -0.192. The molecular formula is C17H23F3N2O6S. The lowest BCUT2D eigenvalue weighted by Gasteiger charge is -2.23. The number of hydrogen-bond donors (Lipinski definition) is 1. The number of carboxylic acids is 1. The summed E-state index contributed by atoms with van der Waals surface area (Å²) in [6, 6.07) is 3.86. The van der Waals surface area contributed by atoms with E-state index in [1.54, 1.807) is 23.6 Å². The van der Waals surface area contributed by atoms with Crippen LogP contribution in [0.4, 0.5) is 13.2 Å². The molecule has 0 aliphatic carbocycles.